The van der Waals surface area contributed by atoms with Crippen molar-refractivity contribution in [2.24, 2.45) is 0 Å². The fourth-order valence-electron chi connectivity index (χ4n) is 1.62. The number of aromatic nitrogens is 1. The zero-order chi connectivity index (χ0) is 14.9. The van der Waals surface area contributed by atoms with Crippen molar-refractivity contribution in [3.05, 3.63) is 50.7 Å². The van der Waals surface area contributed by atoms with Crippen LogP contribution >= 0.6 is 22.9 Å². The van der Waals surface area contributed by atoms with Gasteiger partial charge in [0, 0.05) is 16.8 Å². The van der Waals surface area contributed by atoms with E-state index in [9.17, 15) is 14.3 Å². The zero-order valence-electron chi connectivity index (χ0n) is 11.0. The summed E-state index contributed by atoms with van der Waals surface area (Å²) >= 11 is 7.34. The molecule has 0 atom stereocenters. The van der Waals surface area contributed by atoms with E-state index < -0.39 is 11.4 Å². The first-order valence-electron chi connectivity index (χ1n) is 5.93. The molecule has 1 aromatic carbocycles. The number of carbonyl (C=O) groups is 1. The molecule has 1 aromatic heterocycles. The van der Waals surface area contributed by atoms with E-state index in [0.29, 0.717) is 17.1 Å². The van der Waals surface area contributed by atoms with Crippen molar-refractivity contribution in [2.45, 2.75) is 25.7 Å². The van der Waals surface area contributed by atoms with Crippen LogP contribution in [0.4, 0.5) is 4.39 Å². The number of nitrogens with zero attached hydrogens (tertiary/aromatic N) is 1. The lowest BCUT2D eigenvalue weighted by Crippen LogP contribution is -2.28. The molecule has 2 aromatic rings. The summed E-state index contributed by atoms with van der Waals surface area (Å²) < 4.78 is 13.0. The molecule has 1 heterocycles. The summed E-state index contributed by atoms with van der Waals surface area (Å²) in [7, 11) is 0. The third-order valence-corrected chi connectivity index (χ3v) is 4.28. The zero-order valence-corrected chi connectivity index (χ0v) is 12.6. The van der Waals surface area contributed by atoms with E-state index >= 15 is 0 Å². The summed E-state index contributed by atoms with van der Waals surface area (Å²) in [6, 6.07) is 4.21. The Morgan fingerprint density at radius 3 is 2.80 bits per heavy atom. The monoisotopic (exact) mass is 313 g/mol. The van der Waals surface area contributed by atoms with Crippen LogP contribution in [0.5, 0.6) is 0 Å². The van der Waals surface area contributed by atoms with E-state index in [1.165, 1.54) is 23.5 Å². The van der Waals surface area contributed by atoms with E-state index in [1.807, 2.05) is 0 Å². The van der Waals surface area contributed by atoms with Crippen molar-refractivity contribution in [3.63, 3.8) is 0 Å². The molecule has 0 unspecified atom stereocenters. The molecule has 0 aliphatic rings. The van der Waals surface area contributed by atoms with Crippen LogP contribution in [0.3, 0.4) is 0 Å². The highest BCUT2D eigenvalue weighted by Gasteiger charge is 2.32. The van der Waals surface area contributed by atoms with Crippen LogP contribution in [0.2, 0.25) is 5.02 Å². The highest BCUT2D eigenvalue weighted by atomic mass is 35.5. The maximum atomic E-state index is 13.0. The second-order valence-corrected chi connectivity index (χ2v) is 6.32. The van der Waals surface area contributed by atoms with Gasteiger partial charge in [0.2, 0.25) is 0 Å². The van der Waals surface area contributed by atoms with Crippen LogP contribution in [0, 0.1) is 5.82 Å². The molecule has 6 heteroatoms. The van der Waals surface area contributed by atoms with Crippen molar-refractivity contribution < 1.29 is 14.3 Å². The van der Waals surface area contributed by atoms with E-state index in [2.05, 4.69) is 4.98 Å². The molecule has 1 N–H and O–H groups in total. The molecule has 0 fully saturated rings. The Morgan fingerprint density at radius 2 is 2.20 bits per heavy atom. The summed E-state index contributed by atoms with van der Waals surface area (Å²) in [6.45, 7) is 3.22. The minimum atomic E-state index is -1.03. The van der Waals surface area contributed by atoms with Gasteiger partial charge < -0.3 is 5.11 Å². The van der Waals surface area contributed by atoms with Crippen LogP contribution in [0.1, 0.15) is 30.1 Å². The van der Waals surface area contributed by atoms with Crippen LogP contribution in [0.15, 0.2) is 23.6 Å². The second-order valence-electron chi connectivity index (χ2n) is 4.97. The molecule has 0 amide bonds. The molecule has 0 aliphatic heterocycles. The van der Waals surface area contributed by atoms with Gasteiger partial charge in [0.15, 0.2) is 0 Å². The number of thiazole rings is 1. The molecule has 3 nitrogen and oxygen atoms in total. The quantitative estimate of drug-likeness (QED) is 0.931. The standard InChI is InChI=1S/C14H13ClFNO2S/c1-14(2,13(18)19)11-7-20-12(17-11)5-8-3-4-9(16)6-10(8)15/h3-4,6-7H,5H2,1-2H3,(H,18,19). The van der Waals surface area contributed by atoms with Gasteiger partial charge >= 0.3 is 5.97 Å². The van der Waals surface area contributed by atoms with Gasteiger partial charge in [0.1, 0.15) is 11.2 Å². The minimum Gasteiger partial charge on any atom is -0.481 e. The highest BCUT2D eigenvalue weighted by molar-refractivity contribution is 7.09. The van der Waals surface area contributed by atoms with Gasteiger partial charge in [-0.3, -0.25) is 4.79 Å². The molecular formula is C14H13ClFNO2S. The second kappa shape index (κ2) is 5.50. The molecule has 0 bridgehead atoms. The Balaban J connectivity index is 2.24. The smallest absolute Gasteiger partial charge is 0.315 e. The molecule has 0 spiro atoms. The fraction of sp³-hybridized carbons (Fsp3) is 0.286. The highest BCUT2D eigenvalue weighted by Crippen LogP contribution is 2.27. The van der Waals surface area contributed by atoms with Crippen LogP contribution < -0.4 is 0 Å². The van der Waals surface area contributed by atoms with Crippen molar-refractivity contribution in [2.75, 3.05) is 0 Å². The number of hydrogen-bond donors (Lipinski definition) is 1. The predicted octanol–water partition coefficient (Wildman–Crippen LogP) is 3.89. The van der Waals surface area contributed by atoms with Gasteiger partial charge in [-0.05, 0) is 31.5 Å². The summed E-state index contributed by atoms with van der Waals surface area (Å²) in [6.07, 6.45) is 0.458. The van der Waals surface area contributed by atoms with E-state index in [0.717, 1.165) is 10.6 Å². The maximum Gasteiger partial charge on any atom is 0.315 e. The third-order valence-electron chi connectivity index (χ3n) is 3.08. The van der Waals surface area contributed by atoms with Gasteiger partial charge in [-0.25, -0.2) is 9.37 Å². The molecule has 0 saturated heterocycles. The first-order chi connectivity index (χ1) is 9.30. The normalized spacial score (nSPS) is 11.6. The Morgan fingerprint density at radius 1 is 1.50 bits per heavy atom. The number of benzene rings is 1. The first kappa shape index (κ1) is 14.9. The van der Waals surface area contributed by atoms with Gasteiger partial charge in [0.25, 0.3) is 0 Å². The van der Waals surface area contributed by atoms with Crippen LogP contribution in [-0.4, -0.2) is 16.1 Å². The van der Waals surface area contributed by atoms with Crippen molar-refractivity contribution in [1.29, 1.82) is 0 Å². The van der Waals surface area contributed by atoms with Crippen LogP contribution in [0.25, 0.3) is 0 Å². The number of carboxylic acids is 1. The first-order valence-corrected chi connectivity index (χ1v) is 7.18. The lowest BCUT2D eigenvalue weighted by molar-refractivity contribution is -0.142. The van der Waals surface area contributed by atoms with Crippen LogP contribution in [-0.2, 0) is 16.6 Å². The average Bonchev–Trinajstić information content (AvgIpc) is 2.81. The summed E-state index contributed by atoms with van der Waals surface area (Å²) in [5.41, 5.74) is 0.256. The molecule has 0 radical (unpaired) electrons. The molecule has 106 valence electrons. The van der Waals surface area contributed by atoms with Crippen molar-refractivity contribution in [3.8, 4) is 0 Å². The van der Waals surface area contributed by atoms with Gasteiger partial charge in [-0.2, -0.15) is 0 Å². The Kier molecular flexibility index (Phi) is 4.11. The van der Waals surface area contributed by atoms with Gasteiger partial charge in [-0.15, -0.1) is 11.3 Å². The minimum absolute atomic E-state index is 0.347. The number of rotatable bonds is 4. The topological polar surface area (TPSA) is 50.2 Å². The molecule has 0 saturated carbocycles. The lowest BCUT2D eigenvalue weighted by Gasteiger charge is -2.15. The SMILES string of the molecule is CC(C)(C(=O)O)c1csc(Cc2ccc(F)cc2Cl)n1. The van der Waals surface area contributed by atoms with E-state index in [-0.39, 0.29) is 5.82 Å². The number of hydrogen-bond acceptors (Lipinski definition) is 3. The molecule has 0 aliphatic carbocycles. The van der Waals surface area contributed by atoms with Gasteiger partial charge in [-0.1, -0.05) is 17.7 Å². The number of aliphatic carboxylic acids is 1. The third kappa shape index (κ3) is 2.99. The molecule has 2 rings (SSSR count). The largest absolute Gasteiger partial charge is 0.481 e. The summed E-state index contributed by atoms with van der Waals surface area (Å²) in [5, 5.41) is 12.0. The van der Waals surface area contributed by atoms with Crippen molar-refractivity contribution >= 4 is 28.9 Å². The number of halogens is 2. The fourth-order valence-corrected chi connectivity index (χ4v) is 2.84. The number of carboxylic acid groups (broad SMARTS) is 1. The maximum absolute atomic E-state index is 13.0. The summed E-state index contributed by atoms with van der Waals surface area (Å²) in [4.78, 5) is 15.5. The summed E-state index contributed by atoms with van der Waals surface area (Å²) in [5.74, 6) is -1.31. The van der Waals surface area contributed by atoms with Crippen molar-refractivity contribution in [1.82, 2.24) is 4.98 Å². The Hall–Kier alpha value is -1.46. The van der Waals surface area contributed by atoms with E-state index in [1.54, 1.807) is 25.3 Å². The lowest BCUT2D eigenvalue weighted by atomic mass is 9.90. The average molecular weight is 314 g/mol. The Labute approximate surface area is 125 Å². The van der Waals surface area contributed by atoms with Gasteiger partial charge in [0.05, 0.1) is 10.7 Å². The predicted molar refractivity (Wildman–Crippen MR) is 77.0 cm³/mol. The van der Waals surface area contributed by atoms with E-state index in [4.69, 9.17) is 11.6 Å². The molecular weight excluding hydrogens is 301 g/mol. The molecule has 20 heavy (non-hydrogen) atoms. The Bertz CT molecular complexity index is 654.